The zero-order chi connectivity index (χ0) is 22.9. The molecule has 3 rings (SSSR count). The van der Waals surface area contributed by atoms with Gasteiger partial charge in [0, 0.05) is 11.8 Å². The number of halogens is 1. The number of ether oxygens (including phenoxy) is 3. The molecule has 0 aliphatic rings. The van der Waals surface area contributed by atoms with Gasteiger partial charge in [0.05, 0.1) is 17.7 Å². The molecule has 0 radical (unpaired) electrons. The second kappa shape index (κ2) is 11.4. The van der Waals surface area contributed by atoms with Crippen molar-refractivity contribution in [2.75, 3.05) is 12.4 Å². The normalized spacial score (nSPS) is 10.9. The number of carbonyl (C=O) groups excluding carboxylic acids is 1. The summed E-state index contributed by atoms with van der Waals surface area (Å²) in [4.78, 5) is 12.3. The van der Waals surface area contributed by atoms with Crippen LogP contribution in [0.2, 0.25) is 0 Å². The third-order valence-corrected chi connectivity index (χ3v) is 4.99. The molecule has 0 saturated carbocycles. The zero-order valence-corrected chi connectivity index (χ0v) is 19.9. The molecule has 1 amide bonds. The second-order valence-electron chi connectivity index (χ2n) is 7.32. The van der Waals surface area contributed by atoms with E-state index in [4.69, 9.17) is 14.2 Å². The van der Waals surface area contributed by atoms with Gasteiger partial charge in [0.2, 0.25) is 5.91 Å². The predicted octanol–water partition coefficient (Wildman–Crippen LogP) is 6.48. The lowest BCUT2D eigenvalue weighted by molar-refractivity contribution is -0.111. The van der Waals surface area contributed by atoms with E-state index in [1.807, 2.05) is 80.6 Å². The average Bonchev–Trinajstić information content (AvgIpc) is 2.78. The van der Waals surface area contributed by atoms with E-state index < -0.39 is 0 Å². The highest BCUT2D eigenvalue weighted by Gasteiger charge is 2.11. The molecule has 0 heterocycles. The molecule has 6 heteroatoms. The van der Waals surface area contributed by atoms with Gasteiger partial charge in [-0.05, 0) is 83.4 Å². The Hall–Kier alpha value is -3.25. The highest BCUT2D eigenvalue weighted by Crippen LogP contribution is 2.37. The topological polar surface area (TPSA) is 56.8 Å². The molecule has 5 nitrogen and oxygen atoms in total. The number of nitrogens with one attached hydrogen (secondary N) is 1. The number of hydrogen-bond acceptors (Lipinski definition) is 4. The minimum atomic E-state index is -0.234. The van der Waals surface area contributed by atoms with Crippen molar-refractivity contribution >= 4 is 33.6 Å². The van der Waals surface area contributed by atoms with Crippen LogP contribution in [-0.2, 0) is 11.4 Å². The summed E-state index contributed by atoms with van der Waals surface area (Å²) in [7, 11) is 1.59. The van der Waals surface area contributed by atoms with Gasteiger partial charge in [-0.15, -0.1) is 0 Å². The van der Waals surface area contributed by atoms with Gasteiger partial charge in [0.15, 0.2) is 11.5 Å². The molecule has 0 fully saturated rings. The molecule has 3 aromatic carbocycles. The highest BCUT2D eigenvalue weighted by molar-refractivity contribution is 9.10. The monoisotopic (exact) mass is 495 g/mol. The molecule has 0 unspecified atom stereocenters. The second-order valence-corrected chi connectivity index (χ2v) is 8.18. The van der Waals surface area contributed by atoms with Crippen molar-refractivity contribution in [2.24, 2.45) is 0 Å². The summed E-state index contributed by atoms with van der Waals surface area (Å²) in [5, 5.41) is 2.84. The molecule has 32 heavy (non-hydrogen) atoms. The van der Waals surface area contributed by atoms with E-state index in [0.29, 0.717) is 23.8 Å². The lowest BCUT2D eigenvalue weighted by Gasteiger charge is -2.13. The Labute approximate surface area is 197 Å². The number of benzene rings is 3. The van der Waals surface area contributed by atoms with Crippen LogP contribution < -0.4 is 19.5 Å². The summed E-state index contributed by atoms with van der Waals surface area (Å²) in [6, 6.07) is 20.9. The van der Waals surface area contributed by atoms with E-state index in [1.54, 1.807) is 13.2 Å². The van der Waals surface area contributed by atoms with Crippen molar-refractivity contribution in [3.05, 3.63) is 88.4 Å². The van der Waals surface area contributed by atoms with Crippen molar-refractivity contribution < 1.29 is 19.0 Å². The molecular weight excluding hydrogens is 470 g/mol. The number of methoxy groups -OCH3 is 1. The maximum atomic E-state index is 12.3. The van der Waals surface area contributed by atoms with Gasteiger partial charge < -0.3 is 19.5 Å². The Morgan fingerprint density at radius 2 is 1.78 bits per heavy atom. The summed E-state index contributed by atoms with van der Waals surface area (Å²) in [5.41, 5.74) is 2.56. The van der Waals surface area contributed by atoms with E-state index in [1.165, 1.54) is 6.08 Å². The molecule has 3 aromatic rings. The largest absolute Gasteiger partial charge is 0.493 e. The first-order chi connectivity index (χ1) is 15.4. The van der Waals surface area contributed by atoms with Gasteiger partial charge in [-0.3, -0.25) is 4.79 Å². The van der Waals surface area contributed by atoms with E-state index >= 15 is 0 Å². The molecule has 0 bridgehead atoms. The van der Waals surface area contributed by atoms with Crippen LogP contribution in [0.1, 0.15) is 25.0 Å². The van der Waals surface area contributed by atoms with E-state index in [-0.39, 0.29) is 12.0 Å². The standard InChI is InChI=1S/C26H26BrNO4/c1-18(2)32-22-12-10-21(11-13-22)28-25(29)14-9-20-15-23(27)26(24(16-20)30-3)31-17-19-7-5-4-6-8-19/h4-16,18H,17H2,1-3H3,(H,28,29). The SMILES string of the molecule is COc1cc(C=CC(=O)Nc2ccc(OC(C)C)cc2)cc(Br)c1OCc1ccccc1. The van der Waals surface area contributed by atoms with Gasteiger partial charge >= 0.3 is 0 Å². The van der Waals surface area contributed by atoms with Crippen LogP contribution in [-0.4, -0.2) is 19.1 Å². The van der Waals surface area contributed by atoms with Crippen molar-refractivity contribution in [3.63, 3.8) is 0 Å². The smallest absolute Gasteiger partial charge is 0.248 e. The van der Waals surface area contributed by atoms with Gasteiger partial charge in [-0.1, -0.05) is 30.3 Å². The van der Waals surface area contributed by atoms with Crippen LogP contribution in [0.3, 0.4) is 0 Å². The number of anilines is 1. The van der Waals surface area contributed by atoms with Crippen molar-refractivity contribution in [1.29, 1.82) is 0 Å². The fourth-order valence-corrected chi connectivity index (χ4v) is 3.52. The van der Waals surface area contributed by atoms with Crippen LogP contribution >= 0.6 is 15.9 Å². The molecule has 0 atom stereocenters. The third-order valence-electron chi connectivity index (χ3n) is 4.40. The number of carbonyl (C=O) groups is 1. The first kappa shape index (κ1) is 23.4. The number of amides is 1. The fourth-order valence-electron chi connectivity index (χ4n) is 2.95. The highest BCUT2D eigenvalue weighted by atomic mass is 79.9. The van der Waals surface area contributed by atoms with Gasteiger partial charge in [-0.25, -0.2) is 0 Å². The molecule has 0 aromatic heterocycles. The van der Waals surface area contributed by atoms with Gasteiger partial charge in [0.1, 0.15) is 12.4 Å². The molecule has 166 valence electrons. The Morgan fingerprint density at radius 3 is 2.44 bits per heavy atom. The third kappa shape index (κ3) is 6.89. The predicted molar refractivity (Wildman–Crippen MR) is 131 cm³/mol. The fraction of sp³-hybridized carbons (Fsp3) is 0.192. The summed E-state index contributed by atoms with van der Waals surface area (Å²) in [6.45, 7) is 4.36. The molecule has 0 saturated heterocycles. The first-order valence-corrected chi connectivity index (χ1v) is 11.0. The lowest BCUT2D eigenvalue weighted by atomic mass is 10.2. The Bertz CT molecular complexity index is 1060. The van der Waals surface area contributed by atoms with Crippen LogP contribution in [0.5, 0.6) is 17.2 Å². The summed E-state index contributed by atoms with van der Waals surface area (Å²) < 4.78 is 17.8. The van der Waals surface area contributed by atoms with Crippen molar-refractivity contribution in [3.8, 4) is 17.2 Å². The molecule has 0 aliphatic carbocycles. The average molecular weight is 496 g/mol. The minimum Gasteiger partial charge on any atom is -0.493 e. The van der Waals surface area contributed by atoms with E-state index in [0.717, 1.165) is 21.3 Å². The Balaban J connectivity index is 1.64. The molecular formula is C26H26BrNO4. The van der Waals surface area contributed by atoms with Gasteiger partial charge in [0.25, 0.3) is 0 Å². The summed E-state index contributed by atoms with van der Waals surface area (Å²) >= 11 is 3.55. The Morgan fingerprint density at radius 1 is 1.06 bits per heavy atom. The maximum absolute atomic E-state index is 12.3. The molecule has 0 aliphatic heterocycles. The van der Waals surface area contributed by atoms with Crippen LogP contribution in [0, 0.1) is 0 Å². The van der Waals surface area contributed by atoms with E-state index in [9.17, 15) is 4.79 Å². The van der Waals surface area contributed by atoms with E-state index in [2.05, 4.69) is 21.2 Å². The molecule has 0 spiro atoms. The maximum Gasteiger partial charge on any atom is 0.248 e. The van der Waals surface area contributed by atoms with Crippen LogP contribution in [0.15, 0.2) is 77.3 Å². The number of rotatable bonds is 9. The zero-order valence-electron chi connectivity index (χ0n) is 18.3. The first-order valence-electron chi connectivity index (χ1n) is 10.2. The lowest BCUT2D eigenvalue weighted by Crippen LogP contribution is -2.08. The Kier molecular flexibility index (Phi) is 8.34. The summed E-state index contributed by atoms with van der Waals surface area (Å²) in [6.07, 6.45) is 3.30. The molecule has 1 N–H and O–H groups in total. The minimum absolute atomic E-state index is 0.102. The van der Waals surface area contributed by atoms with Crippen molar-refractivity contribution in [2.45, 2.75) is 26.6 Å². The van der Waals surface area contributed by atoms with Gasteiger partial charge in [-0.2, -0.15) is 0 Å². The summed E-state index contributed by atoms with van der Waals surface area (Å²) in [5.74, 6) is 1.72. The number of hydrogen-bond donors (Lipinski definition) is 1. The van der Waals surface area contributed by atoms with Crippen LogP contribution in [0.25, 0.3) is 6.08 Å². The van der Waals surface area contributed by atoms with Crippen LogP contribution in [0.4, 0.5) is 5.69 Å². The van der Waals surface area contributed by atoms with Crippen molar-refractivity contribution in [1.82, 2.24) is 0 Å². The quantitative estimate of drug-likeness (QED) is 0.345.